The van der Waals surface area contributed by atoms with Crippen LogP contribution in [0, 0.1) is 11.3 Å². The van der Waals surface area contributed by atoms with Crippen LogP contribution in [0.2, 0.25) is 0 Å². The minimum atomic E-state index is 0.734. The number of nitriles is 1. The highest BCUT2D eigenvalue weighted by Crippen LogP contribution is 2.54. The standard InChI is InChI=1S/C27H16N2S/c28-17-22-18-9-1-3-11-20(18)27(21-12-4-2-10-19(21)22)29-23-13-5-7-15-25(23)30-26-16-8-6-14-24(26)29/h1-16H. The largest absolute Gasteiger partial charge is 0.307 e. The van der Waals surface area contributed by atoms with Gasteiger partial charge in [0.1, 0.15) is 6.07 Å². The van der Waals surface area contributed by atoms with Crippen molar-refractivity contribution in [2.45, 2.75) is 9.79 Å². The van der Waals surface area contributed by atoms with Crippen LogP contribution in [-0.4, -0.2) is 0 Å². The lowest BCUT2D eigenvalue weighted by molar-refractivity contribution is 1.18. The summed E-state index contributed by atoms with van der Waals surface area (Å²) in [4.78, 5) is 4.83. The Morgan fingerprint density at radius 3 is 1.50 bits per heavy atom. The third-order valence-electron chi connectivity index (χ3n) is 5.67. The van der Waals surface area contributed by atoms with Crippen LogP contribution in [0.3, 0.4) is 0 Å². The summed E-state index contributed by atoms with van der Waals surface area (Å²) in [7, 11) is 0. The van der Waals surface area contributed by atoms with Crippen molar-refractivity contribution in [2.75, 3.05) is 4.90 Å². The highest BCUT2D eigenvalue weighted by molar-refractivity contribution is 7.99. The molecule has 0 unspecified atom stereocenters. The first-order chi connectivity index (χ1) is 14.9. The van der Waals surface area contributed by atoms with E-state index in [-0.39, 0.29) is 0 Å². The molecule has 0 amide bonds. The van der Waals surface area contributed by atoms with Gasteiger partial charge in [-0.2, -0.15) is 5.26 Å². The summed E-state index contributed by atoms with van der Waals surface area (Å²) >= 11 is 1.81. The fourth-order valence-electron chi connectivity index (χ4n) is 4.41. The SMILES string of the molecule is N#Cc1c2ccccc2c(N2c3ccccc3Sc3ccccc32)c2ccccc12. The van der Waals surface area contributed by atoms with Gasteiger partial charge in [-0.15, -0.1) is 0 Å². The van der Waals surface area contributed by atoms with Crippen molar-refractivity contribution < 1.29 is 0 Å². The molecule has 140 valence electrons. The zero-order chi connectivity index (χ0) is 20.1. The Balaban J connectivity index is 1.82. The van der Waals surface area contributed by atoms with Gasteiger partial charge in [-0.25, -0.2) is 0 Å². The summed E-state index contributed by atoms with van der Waals surface area (Å²) in [5.41, 5.74) is 4.20. The fraction of sp³-hybridized carbons (Fsp3) is 0. The maximum Gasteiger partial charge on any atom is 0.100 e. The van der Waals surface area contributed by atoms with E-state index in [9.17, 15) is 5.26 Å². The van der Waals surface area contributed by atoms with E-state index in [1.54, 1.807) is 11.8 Å². The van der Waals surface area contributed by atoms with E-state index in [4.69, 9.17) is 0 Å². The van der Waals surface area contributed by atoms with Crippen LogP contribution in [0.4, 0.5) is 17.1 Å². The first kappa shape index (κ1) is 17.1. The Hall–Kier alpha value is -3.74. The molecule has 5 aromatic carbocycles. The van der Waals surface area contributed by atoms with Gasteiger partial charge in [0.2, 0.25) is 0 Å². The van der Waals surface area contributed by atoms with Gasteiger partial charge in [0.05, 0.1) is 22.6 Å². The van der Waals surface area contributed by atoms with Crippen molar-refractivity contribution in [3.8, 4) is 6.07 Å². The van der Waals surface area contributed by atoms with Gasteiger partial charge in [-0.05, 0) is 24.3 Å². The molecule has 0 saturated heterocycles. The molecule has 0 atom stereocenters. The fourth-order valence-corrected chi connectivity index (χ4v) is 5.47. The zero-order valence-corrected chi connectivity index (χ0v) is 16.9. The summed E-state index contributed by atoms with van der Waals surface area (Å²) in [6.07, 6.45) is 0. The van der Waals surface area contributed by atoms with Crippen molar-refractivity contribution in [1.82, 2.24) is 0 Å². The second-order valence-corrected chi connectivity index (χ2v) is 8.38. The minimum Gasteiger partial charge on any atom is -0.307 e. The minimum absolute atomic E-state index is 0.734. The maximum absolute atomic E-state index is 9.98. The molecule has 30 heavy (non-hydrogen) atoms. The highest BCUT2D eigenvalue weighted by atomic mass is 32.2. The number of benzene rings is 5. The summed E-state index contributed by atoms with van der Waals surface area (Å²) in [6, 6.07) is 36.0. The monoisotopic (exact) mass is 400 g/mol. The van der Waals surface area contributed by atoms with Crippen LogP contribution in [0.15, 0.2) is 107 Å². The van der Waals surface area contributed by atoms with E-state index >= 15 is 0 Å². The topological polar surface area (TPSA) is 27.0 Å². The van der Waals surface area contributed by atoms with Crippen molar-refractivity contribution in [3.63, 3.8) is 0 Å². The molecule has 3 heteroatoms. The third-order valence-corrected chi connectivity index (χ3v) is 6.80. The molecule has 1 aliphatic rings. The van der Waals surface area contributed by atoms with Gasteiger partial charge in [0.25, 0.3) is 0 Å². The number of para-hydroxylation sites is 2. The van der Waals surface area contributed by atoms with Crippen LogP contribution in [0.1, 0.15) is 5.56 Å². The summed E-state index contributed by atoms with van der Waals surface area (Å²) < 4.78 is 0. The van der Waals surface area contributed by atoms with Crippen molar-refractivity contribution in [3.05, 3.63) is 103 Å². The lowest BCUT2D eigenvalue weighted by Crippen LogP contribution is -2.15. The zero-order valence-electron chi connectivity index (χ0n) is 16.0. The molecule has 1 heterocycles. The Bertz CT molecular complexity index is 1390. The second kappa shape index (κ2) is 6.66. The maximum atomic E-state index is 9.98. The summed E-state index contributed by atoms with van der Waals surface area (Å²) in [6.45, 7) is 0. The Morgan fingerprint density at radius 2 is 1.00 bits per heavy atom. The van der Waals surface area contributed by atoms with Gasteiger partial charge in [0, 0.05) is 31.3 Å². The Labute approximate surface area is 179 Å². The molecule has 0 fully saturated rings. The molecule has 1 aliphatic heterocycles. The van der Waals surface area contributed by atoms with Crippen molar-refractivity contribution in [1.29, 1.82) is 5.26 Å². The van der Waals surface area contributed by atoms with E-state index in [2.05, 4.69) is 95.9 Å². The first-order valence-electron chi connectivity index (χ1n) is 9.86. The number of rotatable bonds is 1. The Morgan fingerprint density at radius 1 is 0.567 bits per heavy atom. The quantitative estimate of drug-likeness (QED) is 0.263. The lowest BCUT2D eigenvalue weighted by Gasteiger charge is -2.34. The van der Waals surface area contributed by atoms with E-state index in [0.29, 0.717) is 0 Å². The molecule has 5 aromatic rings. The summed E-state index contributed by atoms with van der Waals surface area (Å²) in [5.74, 6) is 0. The molecule has 0 saturated carbocycles. The normalized spacial score (nSPS) is 12.4. The molecule has 0 bridgehead atoms. The molecule has 6 rings (SSSR count). The smallest absolute Gasteiger partial charge is 0.100 e. The molecule has 0 aromatic heterocycles. The van der Waals surface area contributed by atoms with E-state index in [0.717, 1.165) is 32.8 Å². The van der Waals surface area contributed by atoms with E-state index in [1.807, 2.05) is 12.1 Å². The third kappa shape index (κ3) is 2.38. The van der Waals surface area contributed by atoms with Crippen LogP contribution in [0.5, 0.6) is 0 Å². The summed E-state index contributed by atoms with van der Waals surface area (Å²) in [5, 5.41) is 14.1. The number of hydrogen-bond acceptors (Lipinski definition) is 3. The molecular weight excluding hydrogens is 384 g/mol. The number of hydrogen-bond donors (Lipinski definition) is 0. The molecule has 0 radical (unpaired) electrons. The van der Waals surface area contributed by atoms with Crippen LogP contribution in [0.25, 0.3) is 21.5 Å². The number of anilines is 3. The molecule has 0 aliphatic carbocycles. The molecular formula is C27H16N2S. The van der Waals surface area contributed by atoms with E-state index in [1.165, 1.54) is 21.2 Å². The van der Waals surface area contributed by atoms with Crippen LogP contribution < -0.4 is 4.90 Å². The van der Waals surface area contributed by atoms with Gasteiger partial charge in [-0.3, -0.25) is 0 Å². The molecule has 0 N–H and O–H groups in total. The average Bonchev–Trinajstić information content (AvgIpc) is 2.81. The first-order valence-corrected chi connectivity index (χ1v) is 10.7. The van der Waals surface area contributed by atoms with Gasteiger partial charge < -0.3 is 4.90 Å². The molecule has 0 spiro atoms. The average molecular weight is 401 g/mol. The van der Waals surface area contributed by atoms with Gasteiger partial charge in [-0.1, -0.05) is 84.6 Å². The van der Waals surface area contributed by atoms with Crippen LogP contribution >= 0.6 is 11.8 Å². The predicted molar refractivity (Wildman–Crippen MR) is 125 cm³/mol. The predicted octanol–water partition coefficient (Wildman–Crippen LogP) is 7.80. The van der Waals surface area contributed by atoms with E-state index < -0.39 is 0 Å². The molecule has 2 nitrogen and oxygen atoms in total. The van der Waals surface area contributed by atoms with Crippen LogP contribution in [-0.2, 0) is 0 Å². The van der Waals surface area contributed by atoms with Gasteiger partial charge in [0.15, 0.2) is 0 Å². The lowest BCUT2D eigenvalue weighted by atomic mass is 9.94. The van der Waals surface area contributed by atoms with Crippen molar-refractivity contribution in [2.24, 2.45) is 0 Å². The highest BCUT2D eigenvalue weighted by Gasteiger charge is 2.27. The Kier molecular flexibility index (Phi) is 3.80. The number of nitrogens with zero attached hydrogens (tertiary/aromatic N) is 2. The van der Waals surface area contributed by atoms with Crippen molar-refractivity contribution >= 4 is 50.4 Å². The van der Waals surface area contributed by atoms with Gasteiger partial charge >= 0.3 is 0 Å². The number of fused-ring (bicyclic) bond motifs is 4. The second-order valence-electron chi connectivity index (χ2n) is 7.30.